The Morgan fingerprint density at radius 3 is 2.41 bits per heavy atom. The predicted molar refractivity (Wildman–Crippen MR) is 133 cm³/mol. The molecule has 3 aromatic rings. The second-order valence-electron chi connectivity index (χ2n) is 8.55. The normalized spacial score (nSPS) is 15.6. The first-order chi connectivity index (χ1) is 16.3. The molecular weight excluding hydrogens is 450 g/mol. The monoisotopic (exact) mass is 477 g/mol. The van der Waals surface area contributed by atoms with Crippen molar-refractivity contribution in [2.75, 3.05) is 22.1 Å². The van der Waals surface area contributed by atoms with E-state index in [1.54, 1.807) is 29.2 Å². The number of aryl methyl sites for hydroxylation is 1. The zero-order chi connectivity index (χ0) is 24.2. The van der Waals surface area contributed by atoms with Gasteiger partial charge in [0.25, 0.3) is 5.91 Å². The lowest BCUT2D eigenvalue weighted by Crippen LogP contribution is -2.24. The number of carbonyl (C=O) groups excluding carboxylic acids is 3. The number of rotatable bonds is 7. The summed E-state index contributed by atoms with van der Waals surface area (Å²) in [6.45, 7) is 6.27. The first-order valence-electron chi connectivity index (χ1n) is 11.3. The molecule has 9 heteroatoms. The number of hydrogen-bond acceptors (Lipinski definition) is 6. The summed E-state index contributed by atoms with van der Waals surface area (Å²) in [7, 11) is 0. The second kappa shape index (κ2) is 10.1. The topological polar surface area (TPSA) is 104 Å². The molecule has 1 unspecified atom stereocenters. The van der Waals surface area contributed by atoms with Gasteiger partial charge in [-0.25, -0.2) is 0 Å². The van der Waals surface area contributed by atoms with Crippen LogP contribution < -0.4 is 15.5 Å². The SMILES string of the molecule is CCc1ccc(N2CC(c3nnc(NC(=O)c4ccc(NC(=O)C(C)C)cc4)s3)CC2=O)cc1. The van der Waals surface area contributed by atoms with Crippen LogP contribution in [0.4, 0.5) is 16.5 Å². The van der Waals surface area contributed by atoms with E-state index in [9.17, 15) is 14.4 Å². The maximum absolute atomic E-state index is 12.6. The summed E-state index contributed by atoms with van der Waals surface area (Å²) in [5.41, 5.74) is 3.19. The van der Waals surface area contributed by atoms with E-state index in [1.165, 1.54) is 16.9 Å². The Morgan fingerprint density at radius 1 is 1.06 bits per heavy atom. The summed E-state index contributed by atoms with van der Waals surface area (Å²) in [5.74, 6) is -0.534. The number of amides is 3. The molecule has 2 N–H and O–H groups in total. The van der Waals surface area contributed by atoms with E-state index >= 15 is 0 Å². The summed E-state index contributed by atoms with van der Waals surface area (Å²) in [6, 6.07) is 14.7. The minimum atomic E-state index is -0.315. The zero-order valence-corrected chi connectivity index (χ0v) is 20.2. The van der Waals surface area contributed by atoms with Gasteiger partial charge in [0.15, 0.2) is 0 Å². The number of hydrogen-bond donors (Lipinski definition) is 2. The van der Waals surface area contributed by atoms with Gasteiger partial charge in [0, 0.05) is 41.7 Å². The molecule has 1 saturated heterocycles. The standard InChI is InChI=1S/C25H27N5O3S/c1-4-16-5-11-20(12-6-16)30-14-18(13-21(30)31)24-28-29-25(34-24)27-23(33)17-7-9-19(10-8-17)26-22(32)15(2)3/h5-12,15,18H,4,13-14H2,1-3H3,(H,26,32)(H,27,29,33). The van der Waals surface area contributed by atoms with Crippen molar-refractivity contribution in [2.45, 2.75) is 39.5 Å². The third-order valence-electron chi connectivity index (χ3n) is 5.73. The Kier molecular flexibility index (Phi) is 7.02. The molecule has 2 heterocycles. The molecule has 0 saturated carbocycles. The fourth-order valence-corrected chi connectivity index (χ4v) is 4.47. The fourth-order valence-electron chi connectivity index (χ4n) is 3.65. The van der Waals surface area contributed by atoms with Crippen molar-refractivity contribution in [1.82, 2.24) is 10.2 Å². The van der Waals surface area contributed by atoms with Gasteiger partial charge >= 0.3 is 0 Å². The first kappa shape index (κ1) is 23.6. The third-order valence-corrected chi connectivity index (χ3v) is 6.73. The highest BCUT2D eigenvalue weighted by Gasteiger charge is 2.34. The van der Waals surface area contributed by atoms with Crippen molar-refractivity contribution in [1.29, 1.82) is 0 Å². The Balaban J connectivity index is 1.37. The van der Waals surface area contributed by atoms with Crippen LogP contribution >= 0.6 is 11.3 Å². The van der Waals surface area contributed by atoms with Gasteiger partial charge in [0.05, 0.1) is 0 Å². The van der Waals surface area contributed by atoms with E-state index in [0.29, 0.717) is 29.3 Å². The van der Waals surface area contributed by atoms with Gasteiger partial charge in [-0.15, -0.1) is 10.2 Å². The Bertz CT molecular complexity index is 1190. The molecule has 8 nitrogen and oxygen atoms in total. The molecule has 0 radical (unpaired) electrons. The Morgan fingerprint density at radius 2 is 1.76 bits per heavy atom. The van der Waals surface area contributed by atoms with Gasteiger partial charge in [0.2, 0.25) is 16.9 Å². The Labute approximate surface area is 202 Å². The van der Waals surface area contributed by atoms with Crippen LogP contribution in [-0.2, 0) is 16.0 Å². The highest BCUT2D eigenvalue weighted by molar-refractivity contribution is 7.15. The van der Waals surface area contributed by atoms with Crippen molar-refractivity contribution in [3.8, 4) is 0 Å². The number of carbonyl (C=O) groups is 3. The third kappa shape index (κ3) is 5.31. The van der Waals surface area contributed by atoms with Crippen LogP contribution in [0, 0.1) is 5.92 Å². The van der Waals surface area contributed by atoms with Crippen LogP contribution in [0.15, 0.2) is 48.5 Å². The number of aromatic nitrogens is 2. The van der Waals surface area contributed by atoms with E-state index < -0.39 is 0 Å². The minimum absolute atomic E-state index is 0.0553. The number of benzene rings is 2. The smallest absolute Gasteiger partial charge is 0.257 e. The predicted octanol–water partition coefficient (Wildman–Crippen LogP) is 4.47. The average Bonchev–Trinajstić information content (AvgIpc) is 3.46. The molecular formula is C25H27N5O3S. The van der Waals surface area contributed by atoms with Crippen LogP contribution in [0.2, 0.25) is 0 Å². The number of anilines is 3. The molecule has 2 aromatic carbocycles. The molecule has 1 aliphatic rings. The van der Waals surface area contributed by atoms with Crippen molar-refractivity contribution < 1.29 is 14.4 Å². The molecule has 176 valence electrons. The van der Waals surface area contributed by atoms with E-state index in [-0.39, 0.29) is 29.6 Å². The van der Waals surface area contributed by atoms with Gasteiger partial charge in [-0.2, -0.15) is 0 Å². The van der Waals surface area contributed by atoms with Crippen molar-refractivity contribution in [3.63, 3.8) is 0 Å². The lowest BCUT2D eigenvalue weighted by Gasteiger charge is -2.16. The molecule has 1 aliphatic heterocycles. The average molecular weight is 478 g/mol. The lowest BCUT2D eigenvalue weighted by atomic mass is 10.1. The van der Waals surface area contributed by atoms with Gasteiger partial charge < -0.3 is 10.2 Å². The number of nitrogens with zero attached hydrogens (tertiary/aromatic N) is 3. The van der Waals surface area contributed by atoms with Crippen molar-refractivity contribution >= 4 is 45.6 Å². The molecule has 1 atom stereocenters. The first-order valence-corrected chi connectivity index (χ1v) is 12.1. The summed E-state index contributed by atoms with van der Waals surface area (Å²) >= 11 is 1.28. The van der Waals surface area contributed by atoms with Crippen molar-refractivity contribution in [2.24, 2.45) is 5.92 Å². The summed E-state index contributed by atoms with van der Waals surface area (Å²) < 4.78 is 0. The van der Waals surface area contributed by atoms with Gasteiger partial charge in [0.1, 0.15) is 5.01 Å². The van der Waals surface area contributed by atoms with Crippen LogP contribution in [0.25, 0.3) is 0 Å². The highest BCUT2D eigenvalue weighted by atomic mass is 32.1. The summed E-state index contributed by atoms with van der Waals surface area (Å²) in [5, 5.41) is 15.0. The van der Waals surface area contributed by atoms with Gasteiger partial charge in [-0.3, -0.25) is 19.7 Å². The maximum atomic E-state index is 12.6. The summed E-state index contributed by atoms with van der Waals surface area (Å²) in [4.78, 5) is 38.8. The largest absolute Gasteiger partial charge is 0.326 e. The molecule has 34 heavy (non-hydrogen) atoms. The van der Waals surface area contributed by atoms with Crippen molar-refractivity contribution in [3.05, 3.63) is 64.7 Å². The van der Waals surface area contributed by atoms with Gasteiger partial charge in [-0.05, 0) is 48.4 Å². The highest BCUT2D eigenvalue weighted by Crippen LogP contribution is 2.34. The van der Waals surface area contributed by atoms with Gasteiger partial charge in [-0.1, -0.05) is 44.2 Å². The van der Waals surface area contributed by atoms with Crippen LogP contribution in [0.3, 0.4) is 0 Å². The van der Waals surface area contributed by atoms with E-state index in [1.807, 2.05) is 38.1 Å². The van der Waals surface area contributed by atoms with Crippen LogP contribution in [0.1, 0.15) is 54.0 Å². The minimum Gasteiger partial charge on any atom is -0.326 e. The summed E-state index contributed by atoms with van der Waals surface area (Å²) in [6.07, 6.45) is 1.32. The zero-order valence-electron chi connectivity index (χ0n) is 19.4. The molecule has 4 rings (SSSR count). The van der Waals surface area contributed by atoms with E-state index in [4.69, 9.17) is 0 Å². The van der Waals surface area contributed by atoms with E-state index in [2.05, 4.69) is 27.8 Å². The second-order valence-corrected chi connectivity index (χ2v) is 9.56. The molecule has 0 aliphatic carbocycles. The molecule has 1 fully saturated rings. The lowest BCUT2D eigenvalue weighted by molar-refractivity contribution is -0.119. The number of nitrogens with one attached hydrogen (secondary N) is 2. The van der Waals surface area contributed by atoms with E-state index in [0.717, 1.165) is 17.1 Å². The maximum Gasteiger partial charge on any atom is 0.257 e. The molecule has 0 bridgehead atoms. The quantitative estimate of drug-likeness (QED) is 0.523. The van der Waals surface area contributed by atoms with Crippen LogP contribution in [-0.4, -0.2) is 34.5 Å². The molecule has 3 amide bonds. The Hall–Kier alpha value is -3.59. The molecule has 0 spiro atoms. The fraction of sp³-hybridized carbons (Fsp3) is 0.320. The van der Waals surface area contributed by atoms with Crippen LogP contribution in [0.5, 0.6) is 0 Å². The molecule has 1 aromatic heterocycles.